The highest BCUT2D eigenvalue weighted by atomic mass is 35.5. The van der Waals surface area contributed by atoms with Crippen LogP contribution in [-0.2, 0) is 13.6 Å². The molecule has 0 aliphatic heterocycles. The highest BCUT2D eigenvalue weighted by molar-refractivity contribution is 6.29. The highest BCUT2D eigenvalue weighted by Gasteiger charge is 2.07. The maximum atomic E-state index is 11.5. The quantitative estimate of drug-likeness (QED) is 0.873. The monoisotopic (exact) mass is 277 g/mol. The minimum absolute atomic E-state index is 0.0705. The molecule has 0 saturated heterocycles. The molecule has 0 aliphatic carbocycles. The smallest absolute Gasteiger partial charge is 0.160 e. The average Bonchev–Trinajstić information content (AvgIpc) is 2.69. The number of imidazole rings is 1. The summed E-state index contributed by atoms with van der Waals surface area (Å²) in [7, 11) is 1.86. The number of nitrogens with zero attached hydrogens (tertiary/aromatic N) is 2. The van der Waals surface area contributed by atoms with E-state index in [9.17, 15) is 4.79 Å². The van der Waals surface area contributed by atoms with Gasteiger partial charge >= 0.3 is 0 Å². The summed E-state index contributed by atoms with van der Waals surface area (Å²) in [6.45, 7) is 4.06. The predicted molar refractivity (Wildman–Crippen MR) is 76.7 cm³/mol. The van der Waals surface area contributed by atoms with E-state index >= 15 is 0 Å². The number of nitrogens with one attached hydrogen (secondary N) is 1. The van der Waals surface area contributed by atoms with Gasteiger partial charge in [-0.2, -0.15) is 0 Å². The van der Waals surface area contributed by atoms with Gasteiger partial charge in [-0.1, -0.05) is 17.7 Å². The molecule has 1 heterocycles. The number of anilines is 1. The summed E-state index contributed by atoms with van der Waals surface area (Å²) in [6.07, 6.45) is 1.62. The van der Waals surface area contributed by atoms with E-state index in [1.165, 1.54) is 0 Å². The fraction of sp³-hybridized carbons (Fsp3) is 0.286. The van der Waals surface area contributed by atoms with Crippen LogP contribution in [0.5, 0.6) is 0 Å². The summed E-state index contributed by atoms with van der Waals surface area (Å²) in [5.41, 5.74) is 2.62. The van der Waals surface area contributed by atoms with Crippen LogP contribution in [0.25, 0.3) is 0 Å². The molecule has 5 heteroatoms. The molecule has 0 aliphatic rings. The van der Waals surface area contributed by atoms with Gasteiger partial charge in [-0.05, 0) is 31.5 Å². The molecule has 0 spiro atoms. The van der Waals surface area contributed by atoms with E-state index in [1.807, 2.05) is 36.7 Å². The molecule has 0 bridgehead atoms. The maximum absolute atomic E-state index is 11.5. The summed E-state index contributed by atoms with van der Waals surface area (Å²) in [4.78, 5) is 15.7. The summed E-state index contributed by atoms with van der Waals surface area (Å²) in [5, 5.41) is 3.85. The fourth-order valence-corrected chi connectivity index (χ4v) is 2.03. The van der Waals surface area contributed by atoms with Crippen molar-refractivity contribution >= 4 is 23.1 Å². The van der Waals surface area contributed by atoms with Crippen LogP contribution in [0.1, 0.15) is 28.7 Å². The number of carbonyl (C=O) groups is 1. The molecule has 4 nitrogen and oxygen atoms in total. The van der Waals surface area contributed by atoms with Crippen molar-refractivity contribution in [3.63, 3.8) is 0 Å². The van der Waals surface area contributed by atoms with Gasteiger partial charge in [-0.15, -0.1) is 0 Å². The number of Topliss-reactive ketones (excluding diaryl/α,β-unsaturated/α-hetero) is 1. The number of aryl methyl sites for hydroxylation is 1. The summed E-state index contributed by atoms with van der Waals surface area (Å²) in [5.74, 6) is 0.913. The zero-order valence-corrected chi connectivity index (χ0v) is 12.0. The molecule has 2 rings (SSSR count). The Kier molecular flexibility index (Phi) is 3.90. The van der Waals surface area contributed by atoms with Crippen molar-refractivity contribution in [1.82, 2.24) is 9.55 Å². The second-order valence-corrected chi connectivity index (χ2v) is 4.88. The number of carbonyl (C=O) groups excluding carboxylic acids is 1. The zero-order valence-electron chi connectivity index (χ0n) is 11.2. The minimum Gasteiger partial charge on any atom is -0.378 e. The van der Waals surface area contributed by atoms with Gasteiger partial charge in [0.15, 0.2) is 5.78 Å². The van der Waals surface area contributed by atoms with Gasteiger partial charge in [0.1, 0.15) is 11.0 Å². The lowest BCUT2D eigenvalue weighted by Crippen LogP contribution is -2.07. The first-order chi connectivity index (χ1) is 8.99. The Bertz CT molecular complexity index is 619. The normalized spacial score (nSPS) is 10.5. The van der Waals surface area contributed by atoms with Crippen LogP contribution in [0.2, 0.25) is 5.15 Å². The van der Waals surface area contributed by atoms with E-state index in [0.29, 0.717) is 11.7 Å². The van der Waals surface area contributed by atoms with Gasteiger partial charge in [0, 0.05) is 18.3 Å². The van der Waals surface area contributed by atoms with Crippen LogP contribution in [0, 0.1) is 6.92 Å². The molecule has 1 N–H and O–H groups in total. The van der Waals surface area contributed by atoms with Crippen molar-refractivity contribution in [2.45, 2.75) is 20.4 Å². The van der Waals surface area contributed by atoms with Crippen molar-refractivity contribution in [1.29, 1.82) is 0 Å². The third kappa shape index (κ3) is 2.96. The van der Waals surface area contributed by atoms with Crippen LogP contribution in [0.4, 0.5) is 5.69 Å². The van der Waals surface area contributed by atoms with Crippen molar-refractivity contribution < 1.29 is 4.79 Å². The first kappa shape index (κ1) is 13.6. The van der Waals surface area contributed by atoms with Gasteiger partial charge in [0.25, 0.3) is 0 Å². The van der Waals surface area contributed by atoms with E-state index in [1.54, 1.807) is 13.1 Å². The van der Waals surface area contributed by atoms with Gasteiger partial charge < -0.3 is 9.88 Å². The number of benzene rings is 1. The molecule has 0 saturated carbocycles. The van der Waals surface area contributed by atoms with Crippen LogP contribution in [0.15, 0.2) is 24.4 Å². The fourth-order valence-electron chi connectivity index (χ4n) is 1.88. The van der Waals surface area contributed by atoms with Gasteiger partial charge in [0.05, 0.1) is 12.7 Å². The molecule has 1 aromatic heterocycles. The average molecular weight is 278 g/mol. The molecule has 0 amide bonds. The third-order valence-corrected chi connectivity index (χ3v) is 3.45. The van der Waals surface area contributed by atoms with E-state index in [0.717, 1.165) is 22.6 Å². The molecule has 19 heavy (non-hydrogen) atoms. The molecule has 0 unspecified atom stereocenters. The second kappa shape index (κ2) is 5.45. The molecular formula is C14H16ClN3O. The predicted octanol–water partition coefficient (Wildman–Crippen LogP) is 3.20. The second-order valence-electron chi connectivity index (χ2n) is 4.50. The Morgan fingerprint density at radius 1 is 1.47 bits per heavy atom. The highest BCUT2D eigenvalue weighted by Crippen LogP contribution is 2.17. The number of rotatable bonds is 4. The summed E-state index contributed by atoms with van der Waals surface area (Å²) in [6, 6.07) is 5.75. The standard InChI is InChI=1S/C14H16ClN3O/c1-9-4-5-11(6-12(9)10(2)19)16-8-14-17-7-13(15)18(14)3/h4-7,16H,8H2,1-3H3. The first-order valence-corrected chi connectivity index (χ1v) is 6.38. The van der Waals surface area contributed by atoms with Crippen molar-refractivity contribution in [3.8, 4) is 0 Å². The minimum atomic E-state index is 0.0705. The molecule has 0 radical (unpaired) electrons. The first-order valence-electron chi connectivity index (χ1n) is 6.00. The Hall–Kier alpha value is -1.81. The largest absolute Gasteiger partial charge is 0.378 e. The lowest BCUT2D eigenvalue weighted by atomic mass is 10.0. The summed E-state index contributed by atoms with van der Waals surface area (Å²) < 4.78 is 1.81. The summed E-state index contributed by atoms with van der Waals surface area (Å²) >= 11 is 5.93. The number of hydrogen-bond donors (Lipinski definition) is 1. The lowest BCUT2D eigenvalue weighted by molar-refractivity contribution is 0.101. The molecule has 1 aromatic carbocycles. The van der Waals surface area contributed by atoms with Gasteiger partial charge in [-0.25, -0.2) is 4.98 Å². The SMILES string of the molecule is CC(=O)c1cc(NCc2ncc(Cl)n2C)ccc1C. The Balaban J connectivity index is 2.14. The maximum Gasteiger partial charge on any atom is 0.160 e. The number of hydrogen-bond acceptors (Lipinski definition) is 3. The molecule has 2 aromatic rings. The molecular weight excluding hydrogens is 262 g/mol. The van der Waals surface area contributed by atoms with Gasteiger partial charge in [0.2, 0.25) is 0 Å². The third-order valence-electron chi connectivity index (χ3n) is 3.10. The van der Waals surface area contributed by atoms with Crippen molar-refractivity contribution in [3.05, 3.63) is 46.5 Å². The Morgan fingerprint density at radius 3 is 2.79 bits per heavy atom. The van der Waals surface area contributed by atoms with E-state index < -0.39 is 0 Å². The molecule has 100 valence electrons. The Labute approximate surface area is 117 Å². The van der Waals surface area contributed by atoms with E-state index in [2.05, 4.69) is 10.3 Å². The van der Waals surface area contributed by atoms with Crippen LogP contribution in [-0.4, -0.2) is 15.3 Å². The zero-order chi connectivity index (χ0) is 14.0. The van der Waals surface area contributed by atoms with Crippen LogP contribution < -0.4 is 5.32 Å². The van der Waals surface area contributed by atoms with Crippen LogP contribution >= 0.6 is 11.6 Å². The van der Waals surface area contributed by atoms with Crippen LogP contribution in [0.3, 0.4) is 0 Å². The number of aromatic nitrogens is 2. The molecule has 0 fully saturated rings. The topological polar surface area (TPSA) is 46.9 Å². The van der Waals surface area contributed by atoms with E-state index in [-0.39, 0.29) is 5.78 Å². The van der Waals surface area contributed by atoms with Gasteiger partial charge in [-0.3, -0.25) is 4.79 Å². The Morgan fingerprint density at radius 2 is 2.21 bits per heavy atom. The number of ketones is 1. The number of halogens is 1. The van der Waals surface area contributed by atoms with E-state index in [4.69, 9.17) is 11.6 Å². The molecule has 0 atom stereocenters. The lowest BCUT2D eigenvalue weighted by Gasteiger charge is -2.09. The van der Waals surface area contributed by atoms with Crippen molar-refractivity contribution in [2.75, 3.05) is 5.32 Å². The van der Waals surface area contributed by atoms with Crippen molar-refractivity contribution in [2.24, 2.45) is 7.05 Å².